The van der Waals surface area contributed by atoms with Crippen LogP contribution >= 0.6 is 12.4 Å². The number of aromatic nitrogens is 3. The van der Waals surface area contributed by atoms with Gasteiger partial charge < -0.3 is 4.74 Å². The maximum Gasteiger partial charge on any atom is 0.258 e. The molecule has 2 heterocycles. The summed E-state index contributed by atoms with van der Waals surface area (Å²) in [4.78, 5) is 15.2. The molecule has 4 rings (SSSR count). The predicted molar refractivity (Wildman–Crippen MR) is 140 cm³/mol. The second-order valence-electron chi connectivity index (χ2n) is 8.88. The first kappa shape index (κ1) is 25.5. The van der Waals surface area contributed by atoms with Crippen LogP contribution in [-0.2, 0) is 13.2 Å². The van der Waals surface area contributed by atoms with Crippen molar-refractivity contribution in [3.8, 4) is 11.4 Å². The van der Waals surface area contributed by atoms with Gasteiger partial charge in [0.2, 0.25) is 0 Å². The third-order valence-electron chi connectivity index (χ3n) is 5.94. The molecule has 0 radical (unpaired) electrons. The molecular formula is C27H33ClN4O2. The Labute approximate surface area is 207 Å². The molecule has 0 saturated carbocycles. The molecule has 0 saturated heterocycles. The Morgan fingerprint density at radius 2 is 1.71 bits per heavy atom. The Bertz CT molecular complexity index is 1260. The number of benzene rings is 2. The van der Waals surface area contributed by atoms with Crippen LogP contribution in [0.2, 0.25) is 0 Å². The van der Waals surface area contributed by atoms with Crippen molar-refractivity contribution in [3.63, 3.8) is 0 Å². The van der Waals surface area contributed by atoms with Crippen molar-refractivity contribution < 1.29 is 4.74 Å². The van der Waals surface area contributed by atoms with Crippen molar-refractivity contribution in [3.05, 3.63) is 89.0 Å². The molecule has 0 unspecified atom stereocenters. The van der Waals surface area contributed by atoms with Crippen LogP contribution in [-0.4, -0.2) is 37.9 Å². The minimum Gasteiger partial charge on any atom is -0.489 e. The molecule has 34 heavy (non-hydrogen) atoms. The molecule has 0 bridgehead atoms. The van der Waals surface area contributed by atoms with Gasteiger partial charge in [0.1, 0.15) is 12.4 Å². The van der Waals surface area contributed by atoms with Crippen LogP contribution in [0.15, 0.2) is 77.9 Å². The highest BCUT2D eigenvalue weighted by molar-refractivity contribution is 5.85. The molecular weight excluding hydrogens is 448 g/mol. The molecule has 0 N–H and O–H groups in total. The van der Waals surface area contributed by atoms with Gasteiger partial charge in [0.25, 0.3) is 5.56 Å². The second-order valence-corrected chi connectivity index (χ2v) is 8.88. The lowest BCUT2D eigenvalue weighted by molar-refractivity contribution is 0.167. The van der Waals surface area contributed by atoms with E-state index in [1.165, 1.54) is 6.07 Å². The minimum atomic E-state index is -0.128. The zero-order chi connectivity index (χ0) is 23.4. The van der Waals surface area contributed by atoms with E-state index >= 15 is 0 Å². The molecule has 0 spiro atoms. The first-order chi connectivity index (χ1) is 15.9. The van der Waals surface area contributed by atoms with E-state index in [2.05, 4.69) is 37.7 Å². The molecule has 4 aromatic rings. The Morgan fingerprint density at radius 3 is 2.38 bits per heavy atom. The average Bonchev–Trinajstić information content (AvgIpc) is 3.20. The Hall–Kier alpha value is -3.09. The SMILES string of the molecule is CC(C)N(CCn1ncc2cc(-n3ccc(OCc4ccccc4)cc3=O)ccc21)C(C)C.Cl. The van der Waals surface area contributed by atoms with E-state index < -0.39 is 0 Å². The molecule has 0 aliphatic rings. The molecule has 180 valence electrons. The second kappa shape index (κ2) is 11.4. The predicted octanol–water partition coefficient (Wildman–Crippen LogP) is 5.31. The highest BCUT2D eigenvalue weighted by Gasteiger charge is 2.14. The van der Waals surface area contributed by atoms with Crippen LogP contribution in [0.25, 0.3) is 16.6 Å². The van der Waals surface area contributed by atoms with Gasteiger partial charge in [-0.15, -0.1) is 12.4 Å². The van der Waals surface area contributed by atoms with E-state index in [1.54, 1.807) is 10.8 Å². The van der Waals surface area contributed by atoms with Crippen molar-refractivity contribution in [2.75, 3.05) is 6.54 Å². The van der Waals surface area contributed by atoms with Gasteiger partial charge in [-0.3, -0.25) is 18.9 Å². The first-order valence-electron chi connectivity index (χ1n) is 11.5. The Kier molecular flexibility index (Phi) is 8.53. The summed E-state index contributed by atoms with van der Waals surface area (Å²) in [6, 6.07) is 20.3. The van der Waals surface area contributed by atoms with Gasteiger partial charge in [-0.25, -0.2) is 0 Å². The molecule has 0 aliphatic carbocycles. The van der Waals surface area contributed by atoms with Crippen LogP contribution in [0, 0.1) is 0 Å². The van der Waals surface area contributed by atoms with Crippen LogP contribution in [0.1, 0.15) is 33.3 Å². The van der Waals surface area contributed by atoms with Gasteiger partial charge in [0.15, 0.2) is 0 Å². The lowest BCUT2D eigenvalue weighted by Gasteiger charge is -2.30. The topological polar surface area (TPSA) is 52.3 Å². The smallest absolute Gasteiger partial charge is 0.258 e. The zero-order valence-corrected chi connectivity index (χ0v) is 21.0. The van der Waals surface area contributed by atoms with Crippen LogP contribution in [0.3, 0.4) is 0 Å². The van der Waals surface area contributed by atoms with Crippen molar-refractivity contribution in [2.45, 2.75) is 52.9 Å². The van der Waals surface area contributed by atoms with Gasteiger partial charge in [-0.1, -0.05) is 30.3 Å². The maximum atomic E-state index is 12.8. The van der Waals surface area contributed by atoms with Crippen molar-refractivity contribution in [2.24, 2.45) is 0 Å². The number of nitrogens with zero attached hydrogens (tertiary/aromatic N) is 4. The number of halogens is 1. The Morgan fingerprint density at radius 1 is 0.971 bits per heavy atom. The van der Waals surface area contributed by atoms with Crippen LogP contribution in [0.4, 0.5) is 0 Å². The van der Waals surface area contributed by atoms with Crippen LogP contribution in [0.5, 0.6) is 5.75 Å². The normalized spacial score (nSPS) is 11.4. The van der Waals surface area contributed by atoms with E-state index in [4.69, 9.17) is 4.74 Å². The van der Waals surface area contributed by atoms with Gasteiger partial charge in [-0.05, 0) is 57.5 Å². The highest BCUT2D eigenvalue weighted by Crippen LogP contribution is 2.19. The van der Waals surface area contributed by atoms with Crippen molar-refractivity contribution in [1.29, 1.82) is 0 Å². The number of rotatable bonds is 9. The summed E-state index contributed by atoms with van der Waals surface area (Å²) in [5, 5.41) is 5.61. The number of hydrogen-bond donors (Lipinski definition) is 0. The molecule has 0 amide bonds. The molecule has 0 aliphatic heterocycles. The van der Waals surface area contributed by atoms with Gasteiger partial charge in [0, 0.05) is 42.0 Å². The monoisotopic (exact) mass is 480 g/mol. The fourth-order valence-electron chi connectivity index (χ4n) is 4.23. The molecule has 6 nitrogen and oxygen atoms in total. The number of pyridine rings is 1. The van der Waals surface area contributed by atoms with Crippen LogP contribution < -0.4 is 10.3 Å². The van der Waals surface area contributed by atoms with Gasteiger partial charge in [-0.2, -0.15) is 5.10 Å². The van der Waals surface area contributed by atoms with Crippen molar-refractivity contribution >= 4 is 23.3 Å². The lowest BCUT2D eigenvalue weighted by Crippen LogP contribution is -2.39. The fraction of sp³-hybridized carbons (Fsp3) is 0.333. The molecule has 2 aromatic heterocycles. The summed E-state index contributed by atoms with van der Waals surface area (Å²) in [5.41, 5.74) is 2.82. The number of ether oxygens (including phenoxy) is 1. The zero-order valence-electron chi connectivity index (χ0n) is 20.2. The van der Waals surface area contributed by atoms with E-state index in [1.807, 2.05) is 65.5 Å². The van der Waals surface area contributed by atoms with Gasteiger partial charge >= 0.3 is 0 Å². The summed E-state index contributed by atoms with van der Waals surface area (Å²) >= 11 is 0. The number of hydrogen-bond acceptors (Lipinski definition) is 4. The van der Waals surface area contributed by atoms with Gasteiger partial charge in [0.05, 0.1) is 18.3 Å². The molecule has 7 heteroatoms. The summed E-state index contributed by atoms with van der Waals surface area (Å²) in [5.74, 6) is 0.564. The maximum absolute atomic E-state index is 12.8. The summed E-state index contributed by atoms with van der Waals surface area (Å²) < 4.78 is 9.46. The lowest BCUT2D eigenvalue weighted by atomic mass is 10.2. The van der Waals surface area contributed by atoms with E-state index in [0.717, 1.165) is 35.2 Å². The quantitative estimate of drug-likeness (QED) is 0.326. The first-order valence-corrected chi connectivity index (χ1v) is 11.5. The summed E-state index contributed by atoms with van der Waals surface area (Å²) in [6.07, 6.45) is 3.63. The number of fused-ring (bicyclic) bond motifs is 1. The fourth-order valence-corrected chi connectivity index (χ4v) is 4.23. The minimum absolute atomic E-state index is 0. The van der Waals surface area contributed by atoms with E-state index in [-0.39, 0.29) is 18.0 Å². The highest BCUT2D eigenvalue weighted by atomic mass is 35.5. The Balaban J connectivity index is 0.00000324. The third kappa shape index (κ3) is 5.88. The third-order valence-corrected chi connectivity index (χ3v) is 5.94. The summed E-state index contributed by atoms with van der Waals surface area (Å²) in [6.45, 7) is 11.1. The molecule has 2 aromatic carbocycles. The molecule has 0 fully saturated rings. The average molecular weight is 481 g/mol. The van der Waals surface area contributed by atoms with Crippen molar-refractivity contribution in [1.82, 2.24) is 19.2 Å². The van der Waals surface area contributed by atoms with E-state index in [0.29, 0.717) is 24.4 Å². The standard InChI is InChI=1S/C27H32N4O2.ClH/c1-20(2)29(21(3)4)14-15-31-26-11-10-24(16-23(26)18-28-31)30-13-12-25(17-27(30)32)33-19-22-8-6-5-7-9-22;/h5-13,16-18,20-21H,14-15,19H2,1-4H3;1H. The largest absolute Gasteiger partial charge is 0.489 e. The van der Waals surface area contributed by atoms with E-state index in [9.17, 15) is 4.79 Å². The summed E-state index contributed by atoms with van der Waals surface area (Å²) in [7, 11) is 0. The molecule has 0 atom stereocenters.